The van der Waals surface area contributed by atoms with Crippen LogP contribution in [0.25, 0.3) is 0 Å². The van der Waals surface area contributed by atoms with Gasteiger partial charge in [0.05, 0.1) is 35.6 Å². The van der Waals surface area contributed by atoms with E-state index in [-0.39, 0.29) is 42.1 Å². The summed E-state index contributed by atoms with van der Waals surface area (Å²) >= 11 is 0. The van der Waals surface area contributed by atoms with Gasteiger partial charge in [-0.1, -0.05) is 45.9 Å². The standard InChI is InChI=1S/C41H57NO14/c1-20(2)16-24(42-36(50)56-37(5,6)7)29(45)35(49)53-25-18-41(51)33(54-34(48)23-14-12-11-13-15-23)31-39(10,32(47)30(46)28(21(25)3)38(41,8)9)26(44)17-27-40(31,19-52-27)55-22(4)43/h11-15,20,24-27,29-31,33,44-46,51H,16-19H2,1-10H3,(H,42,50)/t24-,25-,26-,27+,29+,30+,31-,33-,39+,40-,41+/m0/s1. The van der Waals surface area contributed by atoms with Gasteiger partial charge in [0.15, 0.2) is 17.5 Å². The molecule has 0 spiro atoms. The van der Waals surface area contributed by atoms with Crippen LogP contribution in [-0.4, -0.2) is 116 Å². The molecule has 15 nitrogen and oxygen atoms in total. The number of ether oxygens (including phenoxy) is 5. The zero-order valence-corrected chi connectivity index (χ0v) is 33.8. The Balaban J connectivity index is 1.66. The predicted molar refractivity (Wildman–Crippen MR) is 198 cm³/mol. The lowest BCUT2D eigenvalue weighted by Crippen LogP contribution is -2.81. The zero-order chi connectivity index (χ0) is 41.9. The quantitative estimate of drug-likeness (QED) is 0.138. The van der Waals surface area contributed by atoms with Crippen LogP contribution in [0, 0.1) is 22.7 Å². The SMILES string of the molecule is CC(=O)O[C@@]12CO[C@@H]1C[C@H](O)[C@@]1(C)C(=O)[C@H](O)C3=C(C)[C@@H](OC(=O)[C@H](O)[C@H](CC(C)C)NC(=O)OC(C)(C)C)C[C@@](O)([C@@H](OC(=O)c4ccccc4)[C@H]21)C3(C)C. The van der Waals surface area contributed by atoms with Gasteiger partial charge < -0.3 is 49.4 Å². The van der Waals surface area contributed by atoms with Crippen molar-refractivity contribution in [3.05, 3.63) is 47.0 Å². The maximum absolute atomic E-state index is 14.9. The summed E-state index contributed by atoms with van der Waals surface area (Å²) in [4.78, 5) is 68.4. The fourth-order valence-electron chi connectivity index (χ4n) is 9.38. The normalized spacial score (nSPS) is 34.7. The Bertz CT molecular complexity index is 1750. The van der Waals surface area contributed by atoms with E-state index in [1.165, 1.54) is 26.0 Å². The first-order valence-electron chi connectivity index (χ1n) is 19.1. The lowest BCUT2D eigenvalue weighted by molar-refractivity contribution is -0.346. The zero-order valence-electron chi connectivity index (χ0n) is 33.8. The number of fused-ring (bicyclic) bond motifs is 5. The van der Waals surface area contributed by atoms with Crippen LogP contribution >= 0.6 is 0 Å². The second kappa shape index (κ2) is 15.1. The first kappa shape index (κ1) is 43.2. The number of aliphatic hydroxyl groups is 4. The van der Waals surface area contributed by atoms with Gasteiger partial charge >= 0.3 is 24.0 Å². The van der Waals surface area contributed by atoms with E-state index >= 15 is 0 Å². The van der Waals surface area contributed by atoms with Gasteiger partial charge in [0.25, 0.3) is 0 Å². The molecular weight excluding hydrogens is 730 g/mol. The highest BCUT2D eigenvalue weighted by Gasteiger charge is 2.78. The largest absolute Gasteiger partial charge is 0.456 e. The van der Waals surface area contributed by atoms with Crippen LogP contribution in [0.4, 0.5) is 4.79 Å². The number of benzene rings is 1. The molecule has 4 aliphatic rings. The molecule has 11 atom stereocenters. The molecule has 1 heterocycles. The molecule has 5 N–H and O–H groups in total. The molecule has 1 aromatic rings. The summed E-state index contributed by atoms with van der Waals surface area (Å²) in [5.41, 5.74) is -8.30. The van der Waals surface area contributed by atoms with Crippen molar-refractivity contribution in [3.8, 4) is 0 Å². The van der Waals surface area contributed by atoms with Crippen molar-refractivity contribution in [2.45, 2.75) is 148 Å². The third-order valence-electron chi connectivity index (χ3n) is 12.2. The summed E-state index contributed by atoms with van der Waals surface area (Å²) in [5, 5.41) is 51.2. The Morgan fingerprint density at radius 3 is 2.20 bits per heavy atom. The minimum absolute atomic E-state index is 0.0460. The van der Waals surface area contributed by atoms with Gasteiger partial charge in [0.2, 0.25) is 0 Å². The summed E-state index contributed by atoms with van der Waals surface area (Å²) in [6.45, 7) is 15.5. The first-order valence-corrected chi connectivity index (χ1v) is 19.1. The molecule has 1 saturated heterocycles. The number of alkyl carbamates (subject to hydrolysis) is 1. The maximum atomic E-state index is 14.9. The van der Waals surface area contributed by atoms with E-state index in [1.54, 1.807) is 52.8 Å². The Hall–Kier alpha value is -3.89. The van der Waals surface area contributed by atoms with Crippen molar-refractivity contribution in [2.75, 3.05) is 6.61 Å². The summed E-state index contributed by atoms with van der Waals surface area (Å²) in [5.74, 6) is -5.36. The summed E-state index contributed by atoms with van der Waals surface area (Å²) < 4.78 is 29.4. The van der Waals surface area contributed by atoms with Gasteiger partial charge in [-0.05, 0) is 70.2 Å². The molecule has 0 aromatic heterocycles. The second-order valence-corrected chi connectivity index (χ2v) is 17.9. The number of Topliss-reactive ketones (excluding diaryl/α,β-unsaturated/α-hetero) is 1. The second-order valence-electron chi connectivity index (χ2n) is 17.9. The van der Waals surface area contributed by atoms with Crippen molar-refractivity contribution in [2.24, 2.45) is 22.7 Å². The van der Waals surface area contributed by atoms with Crippen molar-refractivity contribution in [1.29, 1.82) is 0 Å². The number of carbonyl (C=O) groups excluding carboxylic acids is 5. The highest BCUT2D eigenvalue weighted by atomic mass is 16.6. The number of hydrogen-bond donors (Lipinski definition) is 5. The number of nitrogens with one attached hydrogen (secondary N) is 1. The third-order valence-corrected chi connectivity index (χ3v) is 12.2. The molecule has 310 valence electrons. The Morgan fingerprint density at radius 2 is 1.66 bits per heavy atom. The smallest absolute Gasteiger partial charge is 0.407 e. The lowest BCUT2D eigenvalue weighted by Gasteiger charge is -2.67. The van der Waals surface area contributed by atoms with E-state index in [0.29, 0.717) is 0 Å². The van der Waals surface area contributed by atoms with Gasteiger partial charge in [-0.3, -0.25) is 9.59 Å². The van der Waals surface area contributed by atoms with Crippen LogP contribution in [0.3, 0.4) is 0 Å². The number of ketones is 1. The van der Waals surface area contributed by atoms with Gasteiger partial charge in [-0.2, -0.15) is 0 Å². The molecule has 5 rings (SSSR count). The molecule has 15 heteroatoms. The van der Waals surface area contributed by atoms with Crippen molar-refractivity contribution < 1.29 is 68.1 Å². The molecule has 56 heavy (non-hydrogen) atoms. The van der Waals surface area contributed by atoms with E-state index in [2.05, 4.69) is 5.32 Å². The van der Waals surface area contributed by atoms with Gasteiger partial charge in [-0.25, -0.2) is 14.4 Å². The molecule has 3 aliphatic carbocycles. The Morgan fingerprint density at radius 1 is 1.04 bits per heavy atom. The maximum Gasteiger partial charge on any atom is 0.407 e. The lowest BCUT2D eigenvalue weighted by atomic mass is 9.44. The molecule has 1 aliphatic heterocycles. The number of esters is 3. The number of rotatable bonds is 9. The summed E-state index contributed by atoms with van der Waals surface area (Å²) in [7, 11) is 0. The summed E-state index contributed by atoms with van der Waals surface area (Å²) in [6.07, 6.45) is -11.0. The van der Waals surface area contributed by atoms with Gasteiger partial charge in [0.1, 0.15) is 35.6 Å². The fourth-order valence-corrected chi connectivity index (χ4v) is 9.38. The van der Waals surface area contributed by atoms with E-state index < -0.39 is 112 Å². The molecule has 0 unspecified atom stereocenters. The van der Waals surface area contributed by atoms with E-state index in [4.69, 9.17) is 23.7 Å². The van der Waals surface area contributed by atoms with Crippen LogP contribution in [0.15, 0.2) is 41.5 Å². The number of amides is 1. The predicted octanol–water partition coefficient (Wildman–Crippen LogP) is 2.93. The van der Waals surface area contributed by atoms with Crippen LogP contribution in [-0.2, 0) is 38.1 Å². The van der Waals surface area contributed by atoms with Crippen molar-refractivity contribution in [1.82, 2.24) is 5.32 Å². The average molecular weight is 788 g/mol. The van der Waals surface area contributed by atoms with Crippen LogP contribution in [0.2, 0.25) is 0 Å². The third kappa shape index (κ3) is 7.36. The van der Waals surface area contributed by atoms with Crippen molar-refractivity contribution >= 4 is 29.8 Å². The number of carbonyl (C=O) groups is 5. The minimum Gasteiger partial charge on any atom is -0.456 e. The minimum atomic E-state index is -2.33. The topological polar surface area (TPSA) is 224 Å². The van der Waals surface area contributed by atoms with Gasteiger partial charge in [0, 0.05) is 25.2 Å². The molecule has 3 fully saturated rings. The molecule has 1 amide bonds. The van der Waals surface area contributed by atoms with Crippen LogP contribution in [0.5, 0.6) is 0 Å². The van der Waals surface area contributed by atoms with Crippen LogP contribution in [0.1, 0.15) is 98.9 Å². The molecule has 2 bridgehead atoms. The number of aliphatic hydroxyl groups excluding tert-OH is 3. The van der Waals surface area contributed by atoms with E-state index in [9.17, 15) is 44.4 Å². The van der Waals surface area contributed by atoms with Crippen molar-refractivity contribution in [3.63, 3.8) is 0 Å². The van der Waals surface area contributed by atoms with E-state index in [1.807, 2.05) is 13.8 Å². The highest BCUT2D eigenvalue weighted by Crippen LogP contribution is 2.64. The molecule has 1 aromatic carbocycles. The molecular formula is C41H57NO14. The molecule has 0 radical (unpaired) electrons. The number of hydrogen-bond acceptors (Lipinski definition) is 14. The first-order chi connectivity index (χ1) is 25.8. The fraction of sp³-hybridized carbons (Fsp3) is 0.683. The monoisotopic (exact) mass is 787 g/mol. The average Bonchev–Trinajstić information content (AvgIpc) is 3.08. The highest BCUT2D eigenvalue weighted by molar-refractivity contribution is 5.94. The molecule has 2 saturated carbocycles. The summed E-state index contributed by atoms with van der Waals surface area (Å²) in [6, 6.07) is 6.72. The Labute approximate surface area is 327 Å². The van der Waals surface area contributed by atoms with Gasteiger partial charge in [-0.15, -0.1) is 0 Å². The van der Waals surface area contributed by atoms with Crippen LogP contribution < -0.4 is 5.32 Å². The Kier molecular flexibility index (Phi) is 11.7. The van der Waals surface area contributed by atoms with E-state index in [0.717, 1.165) is 6.92 Å².